The average molecular weight is 380 g/mol. The number of amides is 1. The van der Waals surface area contributed by atoms with Crippen LogP contribution < -0.4 is 4.74 Å². The average Bonchev–Trinajstić information content (AvgIpc) is 3.04. The maximum absolute atomic E-state index is 11.9. The predicted octanol–water partition coefficient (Wildman–Crippen LogP) is 3.28. The van der Waals surface area contributed by atoms with Gasteiger partial charge in [0.15, 0.2) is 0 Å². The van der Waals surface area contributed by atoms with Crippen LogP contribution in [0.5, 0.6) is 11.5 Å². The number of nitrogens with zero attached hydrogens (tertiary/aromatic N) is 2. The molecule has 7 nitrogen and oxygen atoms in total. The normalized spacial score (nSPS) is 15.6. The van der Waals surface area contributed by atoms with Gasteiger partial charge in [-0.05, 0) is 55.3 Å². The fourth-order valence-electron chi connectivity index (χ4n) is 2.90. The van der Waals surface area contributed by atoms with Gasteiger partial charge in [-0.2, -0.15) is 5.26 Å². The maximum Gasteiger partial charge on any atom is 0.410 e. The van der Waals surface area contributed by atoms with Gasteiger partial charge in [-0.25, -0.2) is 4.79 Å². The molecule has 1 amide bonds. The Kier molecular flexibility index (Phi) is 6.12. The summed E-state index contributed by atoms with van der Waals surface area (Å²) < 4.78 is 15.8. The zero-order valence-corrected chi connectivity index (χ0v) is 15.5. The molecule has 1 heterocycles. The van der Waals surface area contributed by atoms with E-state index in [1.165, 1.54) is 4.90 Å². The van der Waals surface area contributed by atoms with Crippen molar-refractivity contribution in [3.63, 3.8) is 0 Å². The van der Waals surface area contributed by atoms with Crippen molar-refractivity contribution in [1.82, 2.24) is 4.90 Å². The molecule has 2 aromatic carbocycles. The topological polar surface area (TPSA) is 88.9 Å². The van der Waals surface area contributed by atoms with Gasteiger partial charge < -0.3 is 14.2 Å². The third kappa shape index (κ3) is 4.80. The van der Waals surface area contributed by atoms with Crippen molar-refractivity contribution in [3.05, 3.63) is 59.7 Å². The number of carbonyl (C=O) groups is 2. The van der Waals surface area contributed by atoms with E-state index in [9.17, 15) is 9.59 Å². The summed E-state index contributed by atoms with van der Waals surface area (Å²) in [6, 6.07) is 16.2. The van der Waals surface area contributed by atoms with Gasteiger partial charge in [0.1, 0.15) is 24.7 Å². The molecule has 0 spiro atoms. The van der Waals surface area contributed by atoms with Crippen molar-refractivity contribution in [3.8, 4) is 17.6 Å². The molecule has 0 bridgehead atoms. The first-order valence-corrected chi connectivity index (χ1v) is 8.95. The first-order valence-electron chi connectivity index (χ1n) is 8.95. The Morgan fingerprint density at radius 3 is 2.43 bits per heavy atom. The Morgan fingerprint density at radius 1 is 1.18 bits per heavy atom. The number of nitriles is 1. The second-order valence-corrected chi connectivity index (χ2v) is 6.25. The molecule has 1 aliphatic rings. The molecular formula is C21H20N2O5. The third-order valence-electron chi connectivity index (χ3n) is 4.29. The molecule has 0 saturated carbocycles. The van der Waals surface area contributed by atoms with Crippen molar-refractivity contribution in [2.75, 3.05) is 19.8 Å². The lowest BCUT2D eigenvalue weighted by Crippen LogP contribution is -2.39. The summed E-state index contributed by atoms with van der Waals surface area (Å²) in [6.45, 7) is 2.12. The van der Waals surface area contributed by atoms with Gasteiger partial charge in [-0.3, -0.25) is 9.69 Å². The van der Waals surface area contributed by atoms with Crippen LogP contribution >= 0.6 is 0 Å². The summed E-state index contributed by atoms with van der Waals surface area (Å²) in [4.78, 5) is 25.0. The van der Waals surface area contributed by atoms with Gasteiger partial charge in [0.05, 0.1) is 24.3 Å². The molecule has 0 N–H and O–H groups in total. The Labute approximate surface area is 163 Å². The van der Waals surface area contributed by atoms with Gasteiger partial charge in [-0.15, -0.1) is 0 Å². The van der Waals surface area contributed by atoms with Crippen LogP contribution in [0.25, 0.3) is 0 Å². The van der Waals surface area contributed by atoms with Gasteiger partial charge in [0.25, 0.3) is 0 Å². The van der Waals surface area contributed by atoms with E-state index in [-0.39, 0.29) is 25.8 Å². The van der Waals surface area contributed by atoms with Crippen LogP contribution in [0.2, 0.25) is 0 Å². The van der Waals surface area contributed by atoms with Gasteiger partial charge >= 0.3 is 12.1 Å². The SMILES string of the molecule is CCOC(=O)CN1C(=O)OC[C@@H]1Cc1ccc(Oc2ccc(C#N)cc2)cc1. The number of rotatable bonds is 7. The van der Waals surface area contributed by atoms with E-state index < -0.39 is 12.1 Å². The Hall–Kier alpha value is -3.53. The number of hydrogen-bond donors (Lipinski definition) is 0. The van der Waals surface area contributed by atoms with Crippen molar-refractivity contribution in [2.24, 2.45) is 0 Å². The number of benzene rings is 2. The first kappa shape index (κ1) is 19.2. The molecule has 3 rings (SSSR count). The quantitative estimate of drug-likeness (QED) is 0.685. The van der Waals surface area contributed by atoms with Crippen LogP contribution in [-0.2, 0) is 20.7 Å². The van der Waals surface area contributed by atoms with Crippen LogP contribution in [-0.4, -0.2) is 42.8 Å². The molecular weight excluding hydrogens is 360 g/mol. The lowest BCUT2D eigenvalue weighted by Gasteiger charge is -2.20. The van der Waals surface area contributed by atoms with Crippen LogP contribution in [0.4, 0.5) is 4.79 Å². The first-order chi connectivity index (χ1) is 13.6. The second-order valence-electron chi connectivity index (χ2n) is 6.25. The molecule has 144 valence electrons. The molecule has 2 aromatic rings. The van der Waals surface area contributed by atoms with Gasteiger partial charge in [-0.1, -0.05) is 12.1 Å². The van der Waals surface area contributed by atoms with Gasteiger partial charge in [0, 0.05) is 0 Å². The van der Waals surface area contributed by atoms with E-state index in [0.717, 1.165) is 5.56 Å². The fraction of sp³-hybridized carbons (Fsp3) is 0.286. The zero-order chi connectivity index (χ0) is 19.9. The van der Waals surface area contributed by atoms with Crippen LogP contribution in [0, 0.1) is 11.3 Å². The van der Waals surface area contributed by atoms with Crippen molar-refractivity contribution >= 4 is 12.1 Å². The predicted molar refractivity (Wildman–Crippen MR) is 99.9 cm³/mol. The summed E-state index contributed by atoms with van der Waals surface area (Å²) in [6.07, 6.45) is 0.0567. The Morgan fingerprint density at radius 2 is 1.82 bits per heavy atom. The van der Waals surface area contributed by atoms with E-state index in [0.29, 0.717) is 23.5 Å². The van der Waals surface area contributed by atoms with E-state index in [1.807, 2.05) is 24.3 Å². The second kappa shape index (κ2) is 8.91. The van der Waals surface area contributed by atoms with Gasteiger partial charge in [0.2, 0.25) is 0 Å². The molecule has 0 radical (unpaired) electrons. The minimum Gasteiger partial charge on any atom is -0.465 e. The lowest BCUT2D eigenvalue weighted by atomic mass is 10.1. The number of esters is 1. The number of hydrogen-bond acceptors (Lipinski definition) is 6. The summed E-state index contributed by atoms with van der Waals surface area (Å²) >= 11 is 0. The van der Waals surface area contributed by atoms with E-state index >= 15 is 0 Å². The molecule has 1 aliphatic heterocycles. The van der Waals surface area contributed by atoms with Crippen LogP contribution in [0.1, 0.15) is 18.1 Å². The summed E-state index contributed by atoms with van der Waals surface area (Å²) in [7, 11) is 0. The van der Waals surface area contributed by atoms with Crippen molar-refractivity contribution in [1.29, 1.82) is 5.26 Å². The summed E-state index contributed by atoms with van der Waals surface area (Å²) in [5.41, 5.74) is 1.56. The monoisotopic (exact) mass is 380 g/mol. The van der Waals surface area contributed by atoms with E-state index in [4.69, 9.17) is 19.5 Å². The molecule has 0 aliphatic carbocycles. The minimum absolute atomic E-state index is 0.114. The minimum atomic E-state index is -0.501. The molecule has 1 fully saturated rings. The standard InChI is InChI=1S/C21H20N2O5/c1-2-26-20(24)13-23-17(14-27-21(23)25)11-15-3-7-18(8-4-15)28-19-9-5-16(12-22)6-10-19/h3-10,17H,2,11,13-14H2,1H3/t17-/m0/s1. The number of cyclic esters (lactones) is 1. The van der Waals surface area contributed by atoms with E-state index in [2.05, 4.69) is 6.07 Å². The molecule has 0 unspecified atom stereocenters. The Bertz CT molecular complexity index is 871. The lowest BCUT2D eigenvalue weighted by molar-refractivity contribution is -0.144. The smallest absolute Gasteiger partial charge is 0.410 e. The van der Waals surface area contributed by atoms with Crippen molar-refractivity contribution < 1.29 is 23.8 Å². The number of ether oxygens (including phenoxy) is 3. The fourth-order valence-corrected chi connectivity index (χ4v) is 2.90. The summed E-state index contributed by atoms with van der Waals surface area (Å²) in [5.74, 6) is 0.857. The maximum atomic E-state index is 11.9. The highest BCUT2D eigenvalue weighted by molar-refractivity contribution is 5.79. The van der Waals surface area contributed by atoms with Crippen LogP contribution in [0.3, 0.4) is 0 Å². The van der Waals surface area contributed by atoms with Crippen molar-refractivity contribution in [2.45, 2.75) is 19.4 Å². The highest BCUT2D eigenvalue weighted by Crippen LogP contribution is 2.23. The molecule has 1 saturated heterocycles. The van der Waals surface area contributed by atoms with Crippen LogP contribution in [0.15, 0.2) is 48.5 Å². The van der Waals surface area contributed by atoms with E-state index in [1.54, 1.807) is 31.2 Å². The zero-order valence-electron chi connectivity index (χ0n) is 15.5. The summed E-state index contributed by atoms with van der Waals surface area (Å²) in [5, 5.41) is 8.83. The Balaban J connectivity index is 1.60. The highest BCUT2D eigenvalue weighted by atomic mass is 16.6. The molecule has 0 aromatic heterocycles. The molecule has 28 heavy (non-hydrogen) atoms. The number of carbonyl (C=O) groups excluding carboxylic acids is 2. The molecule has 1 atom stereocenters. The highest BCUT2D eigenvalue weighted by Gasteiger charge is 2.34. The molecule has 7 heteroatoms. The third-order valence-corrected chi connectivity index (χ3v) is 4.29. The largest absolute Gasteiger partial charge is 0.465 e.